The molecular formula is C29H34F2N6O2. The van der Waals surface area contributed by atoms with E-state index in [1.807, 2.05) is 11.0 Å². The molecule has 0 spiro atoms. The summed E-state index contributed by atoms with van der Waals surface area (Å²) >= 11 is 0. The average molecular weight is 537 g/mol. The number of rotatable bonds is 5. The number of amides is 1. The third-order valence-electron chi connectivity index (χ3n) is 8.53. The lowest BCUT2D eigenvalue weighted by atomic mass is 9.88. The van der Waals surface area contributed by atoms with Crippen LogP contribution in [0.4, 0.5) is 20.3 Å². The number of alkyl halides is 2. The van der Waals surface area contributed by atoms with Gasteiger partial charge in [0.15, 0.2) is 5.82 Å². The van der Waals surface area contributed by atoms with Gasteiger partial charge in [-0.05, 0) is 54.9 Å². The molecule has 0 saturated heterocycles. The Hall–Kier alpha value is -3.56. The number of hydrogen-bond acceptors (Lipinski definition) is 5. The number of ketones is 1. The van der Waals surface area contributed by atoms with Crippen LogP contribution >= 0.6 is 0 Å². The molecule has 206 valence electrons. The van der Waals surface area contributed by atoms with E-state index in [2.05, 4.69) is 14.7 Å². The van der Waals surface area contributed by atoms with Gasteiger partial charge in [-0.1, -0.05) is 0 Å². The van der Waals surface area contributed by atoms with Crippen molar-refractivity contribution in [1.82, 2.24) is 24.5 Å². The summed E-state index contributed by atoms with van der Waals surface area (Å²) in [6.07, 6.45) is 6.09. The number of carbonyl (C=O) groups is 2. The maximum absolute atomic E-state index is 14.4. The number of carbonyl (C=O) groups excluding carboxylic acids is 2. The van der Waals surface area contributed by atoms with E-state index >= 15 is 0 Å². The van der Waals surface area contributed by atoms with Crippen LogP contribution in [0.1, 0.15) is 67.8 Å². The largest absolute Gasteiger partial charge is 0.338 e. The molecule has 0 bridgehead atoms. The Balaban J connectivity index is 1.42. The molecule has 2 aliphatic heterocycles. The lowest BCUT2D eigenvalue weighted by Crippen LogP contribution is -2.35. The van der Waals surface area contributed by atoms with Crippen LogP contribution in [0.5, 0.6) is 0 Å². The number of nitrogens with zero attached hydrogens (tertiary/aromatic N) is 6. The maximum Gasteiger partial charge on any atom is 0.264 e. The summed E-state index contributed by atoms with van der Waals surface area (Å²) in [5.41, 5.74) is 5.08. The minimum Gasteiger partial charge on any atom is -0.338 e. The molecule has 0 N–H and O–H groups in total. The first kappa shape index (κ1) is 25.7. The maximum atomic E-state index is 14.4. The fourth-order valence-corrected chi connectivity index (χ4v) is 6.40. The molecule has 1 amide bonds. The quantitative estimate of drug-likeness (QED) is 0.460. The summed E-state index contributed by atoms with van der Waals surface area (Å²) in [5, 5.41) is 9.29. The molecule has 8 nitrogen and oxygen atoms in total. The van der Waals surface area contributed by atoms with Crippen molar-refractivity contribution in [3.8, 4) is 11.1 Å². The van der Waals surface area contributed by atoms with Crippen molar-refractivity contribution in [2.24, 2.45) is 13.0 Å². The second kappa shape index (κ2) is 10.2. The van der Waals surface area contributed by atoms with E-state index in [1.165, 1.54) is 0 Å². The van der Waals surface area contributed by atoms with Crippen LogP contribution in [0.2, 0.25) is 0 Å². The number of aromatic nitrogens is 4. The fourth-order valence-electron chi connectivity index (χ4n) is 6.40. The van der Waals surface area contributed by atoms with Crippen LogP contribution < -0.4 is 4.90 Å². The van der Waals surface area contributed by atoms with Crippen molar-refractivity contribution in [3.63, 3.8) is 0 Å². The molecule has 1 saturated carbocycles. The summed E-state index contributed by atoms with van der Waals surface area (Å²) in [6.45, 7) is 4.09. The molecule has 39 heavy (non-hydrogen) atoms. The Morgan fingerprint density at radius 1 is 1.13 bits per heavy atom. The first-order valence-corrected chi connectivity index (χ1v) is 13.9. The van der Waals surface area contributed by atoms with E-state index in [0.717, 1.165) is 60.6 Å². The normalized spacial score (nSPS) is 18.0. The molecule has 0 radical (unpaired) electrons. The molecule has 0 atom stereocenters. The molecule has 1 fully saturated rings. The van der Waals surface area contributed by atoms with Crippen LogP contribution in [-0.2, 0) is 42.6 Å². The van der Waals surface area contributed by atoms with Crippen molar-refractivity contribution < 1.29 is 18.4 Å². The predicted octanol–water partition coefficient (Wildman–Crippen LogP) is 4.97. The molecule has 1 aliphatic carbocycles. The molecular weight excluding hydrogens is 502 g/mol. The Bertz CT molecular complexity index is 1420. The highest BCUT2D eigenvalue weighted by Gasteiger charge is 2.33. The van der Waals surface area contributed by atoms with Gasteiger partial charge in [0.25, 0.3) is 6.43 Å². The van der Waals surface area contributed by atoms with E-state index in [9.17, 15) is 18.4 Å². The number of fused-ring (bicyclic) bond motifs is 2. The van der Waals surface area contributed by atoms with Crippen LogP contribution in [0, 0.1) is 5.92 Å². The van der Waals surface area contributed by atoms with Crippen LogP contribution in [0.15, 0.2) is 24.5 Å². The van der Waals surface area contributed by atoms with E-state index in [-0.39, 0.29) is 11.5 Å². The molecule has 1 aromatic carbocycles. The summed E-state index contributed by atoms with van der Waals surface area (Å²) in [4.78, 5) is 28.0. The van der Waals surface area contributed by atoms with Gasteiger partial charge in [0, 0.05) is 87.1 Å². The van der Waals surface area contributed by atoms with E-state index in [0.29, 0.717) is 61.7 Å². The van der Waals surface area contributed by atoms with Crippen molar-refractivity contribution in [2.45, 2.75) is 71.4 Å². The van der Waals surface area contributed by atoms with Crippen LogP contribution in [-0.4, -0.2) is 49.2 Å². The van der Waals surface area contributed by atoms with E-state index in [1.54, 1.807) is 37.1 Å². The highest BCUT2D eigenvalue weighted by atomic mass is 19.3. The SMILES string of the molecule is CC(=O)N1CCc2c(c(N3CCCc4cc(-c5cnn(C)c5)c(C(F)F)cc43)nn2CC2CCC(=O)CC2)C1. The number of aryl methyl sites for hydroxylation is 2. The lowest BCUT2D eigenvalue weighted by Gasteiger charge is -2.33. The van der Waals surface area contributed by atoms with E-state index in [4.69, 9.17) is 5.10 Å². The third-order valence-corrected chi connectivity index (χ3v) is 8.53. The predicted molar refractivity (Wildman–Crippen MR) is 143 cm³/mol. The first-order valence-electron chi connectivity index (χ1n) is 13.9. The zero-order valence-corrected chi connectivity index (χ0v) is 22.5. The molecule has 4 heterocycles. The van der Waals surface area contributed by atoms with Crippen LogP contribution in [0.3, 0.4) is 0 Å². The monoisotopic (exact) mass is 536 g/mol. The Morgan fingerprint density at radius 2 is 1.92 bits per heavy atom. The number of halogens is 2. The van der Waals surface area contributed by atoms with Gasteiger partial charge in [0.05, 0.1) is 12.7 Å². The minimum atomic E-state index is -2.64. The van der Waals surface area contributed by atoms with Gasteiger partial charge in [-0.25, -0.2) is 8.78 Å². The number of anilines is 2. The molecule has 6 rings (SSSR count). The van der Waals surface area contributed by atoms with Crippen molar-refractivity contribution in [1.29, 1.82) is 0 Å². The second-order valence-corrected chi connectivity index (χ2v) is 11.1. The van der Waals surface area contributed by atoms with Gasteiger partial charge in [-0.3, -0.25) is 19.0 Å². The third kappa shape index (κ3) is 4.85. The minimum absolute atomic E-state index is 0.0146. The fraction of sp³-hybridized carbons (Fsp3) is 0.517. The van der Waals surface area contributed by atoms with Gasteiger partial charge in [0.1, 0.15) is 5.78 Å². The Morgan fingerprint density at radius 3 is 2.62 bits per heavy atom. The van der Waals surface area contributed by atoms with Gasteiger partial charge in [-0.15, -0.1) is 0 Å². The van der Waals surface area contributed by atoms with Crippen LogP contribution in [0.25, 0.3) is 11.1 Å². The van der Waals surface area contributed by atoms with Gasteiger partial charge in [0.2, 0.25) is 5.91 Å². The number of Topliss-reactive ketones (excluding diaryl/α,β-unsaturated/α-hetero) is 1. The molecule has 10 heteroatoms. The average Bonchev–Trinajstić information content (AvgIpc) is 3.52. The molecule has 3 aliphatic rings. The van der Waals surface area contributed by atoms with Gasteiger partial charge in [-0.2, -0.15) is 10.2 Å². The standard InChI is InChI=1S/C29H34F2N6O2/c1-18(38)35-11-9-26-25(17-35)29(33-37(26)15-19-5-7-22(39)8-6-19)36-10-3-4-20-12-23(21-14-32-34(2)16-21)24(28(30)31)13-27(20)36/h12-14,16,19,28H,3-11,15,17H2,1-2H3. The zero-order chi connectivity index (χ0) is 27.3. The smallest absolute Gasteiger partial charge is 0.264 e. The Labute approximate surface area is 226 Å². The highest BCUT2D eigenvalue weighted by molar-refractivity contribution is 5.79. The lowest BCUT2D eigenvalue weighted by molar-refractivity contribution is -0.129. The summed E-state index contributed by atoms with van der Waals surface area (Å²) in [7, 11) is 1.78. The molecule has 2 aromatic heterocycles. The van der Waals surface area contributed by atoms with Gasteiger partial charge < -0.3 is 9.80 Å². The summed E-state index contributed by atoms with van der Waals surface area (Å²) < 4.78 is 32.5. The molecule has 0 unspecified atom stereocenters. The highest BCUT2D eigenvalue weighted by Crippen LogP contribution is 2.43. The topological polar surface area (TPSA) is 76.3 Å². The Kier molecular flexibility index (Phi) is 6.72. The first-order chi connectivity index (χ1) is 18.8. The molecule has 3 aromatic rings. The van der Waals surface area contributed by atoms with E-state index < -0.39 is 6.43 Å². The summed E-state index contributed by atoms with van der Waals surface area (Å²) in [6, 6.07) is 3.52. The number of hydrogen-bond donors (Lipinski definition) is 0. The number of benzene rings is 1. The van der Waals surface area contributed by atoms with Gasteiger partial charge >= 0.3 is 0 Å². The van der Waals surface area contributed by atoms with Crippen molar-refractivity contribution in [2.75, 3.05) is 18.0 Å². The zero-order valence-electron chi connectivity index (χ0n) is 22.5. The van der Waals surface area contributed by atoms with Crippen molar-refractivity contribution >= 4 is 23.2 Å². The summed E-state index contributed by atoms with van der Waals surface area (Å²) in [5.74, 6) is 1.49. The second-order valence-electron chi connectivity index (χ2n) is 11.1. The van der Waals surface area contributed by atoms with Crippen molar-refractivity contribution in [3.05, 3.63) is 46.9 Å².